The van der Waals surface area contributed by atoms with Crippen LogP contribution in [0.5, 0.6) is 0 Å². The van der Waals surface area contributed by atoms with Gasteiger partial charge >= 0.3 is 6.98 Å². The van der Waals surface area contributed by atoms with Gasteiger partial charge in [0.25, 0.3) is 0 Å². The average Bonchev–Trinajstić information content (AvgIpc) is 3.18. The molecule has 0 bridgehead atoms. The molecule has 2 aliphatic heterocycles. The van der Waals surface area contributed by atoms with Crippen molar-refractivity contribution in [2.24, 2.45) is 0 Å². The third-order valence-corrected chi connectivity index (χ3v) is 9.87. The number of benzene rings is 7. The molecular formula is C44H29BN4. The zero-order valence-corrected chi connectivity index (χ0v) is 26.6. The van der Waals surface area contributed by atoms with Crippen LogP contribution in [-0.2, 0) is 0 Å². The van der Waals surface area contributed by atoms with Crippen LogP contribution >= 0.6 is 0 Å². The van der Waals surface area contributed by atoms with E-state index in [1.54, 1.807) is 0 Å². The van der Waals surface area contributed by atoms with E-state index in [1.165, 1.54) is 38.8 Å². The Hall–Kier alpha value is -6.46. The minimum absolute atomic E-state index is 0.229. The Kier molecular flexibility index (Phi) is 6.24. The summed E-state index contributed by atoms with van der Waals surface area (Å²) in [4.78, 5) is 15.7. The van der Waals surface area contributed by atoms with Crippen LogP contribution < -0.4 is 15.1 Å². The van der Waals surface area contributed by atoms with Gasteiger partial charge in [0.15, 0.2) is 0 Å². The van der Waals surface area contributed by atoms with Gasteiger partial charge in [-0.2, -0.15) is 0 Å². The van der Waals surface area contributed by atoms with E-state index >= 15 is 0 Å². The molecule has 0 atom stereocenters. The van der Waals surface area contributed by atoms with E-state index < -0.39 is 0 Å². The van der Waals surface area contributed by atoms with Gasteiger partial charge in [-0.25, -0.2) is 9.97 Å². The van der Waals surface area contributed by atoms with Crippen molar-refractivity contribution in [3.63, 3.8) is 0 Å². The Balaban J connectivity index is 1.24. The SMILES string of the molecule is c1ccc(-c2ccc(-c3nc(N4B5c6c(cccc6-c6ccccc64)-c4ccccc4N5c4ccccc4)nc4ccccc34)cc2)cc1. The van der Waals surface area contributed by atoms with E-state index in [-0.39, 0.29) is 6.98 Å². The highest BCUT2D eigenvalue weighted by atomic mass is 15.3. The number of rotatable bonds is 4. The predicted molar refractivity (Wildman–Crippen MR) is 204 cm³/mol. The van der Waals surface area contributed by atoms with Crippen molar-refractivity contribution in [3.05, 3.63) is 176 Å². The fourth-order valence-electron chi connectivity index (χ4n) is 7.70. The molecule has 0 fully saturated rings. The normalized spacial score (nSPS) is 12.8. The summed E-state index contributed by atoms with van der Waals surface area (Å²) in [6.45, 7) is -0.229. The second kappa shape index (κ2) is 11.1. The summed E-state index contributed by atoms with van der Waals surface area (Å²) < 4.78 is 0. The van der Waals surface area contributed by atoms with E-state index in [9.17, 15) is 0 Å². The van der Waals surface area contributed by atoms with Gasteiger partial charge in [0, 0.05) is 39.1 Å². The molecule has 10 rings (SSSR count). The molecule has 0 saturated carbocycles. The van der Waals surface area contributed by atoms with E-state index in [2.05, 4.69) is 186 Å². The molecule has 0 saturated heterocycles. The van der Waals surface area contributed by atoms with Crippen molar-refractivity contribution in [1.29, 1.82) is 0 Å². The molecule has 0 N–H and O–H groups in total. The van der Waals surface area contributed by atoms with Crippen LogP contribution in [0.4, 0.5) is 23.0 Å². The lowest BCUT2D eigenvalue weighted by molar-refractivity contribution is 1.13. The molecule has 228 valence electrons. The topological polar surface area (TPSA) is 32.3 Å². The first-order valence-electron chi connectivity index (χ1n) is 16.7. The van der Waals surface area contributed by atoms with Crippen LogP contribution in [0.2, 0.25) is 0 Å². The van der Waals surface area contributed by atoms with Crippen LogP contribution in [0.25, 0.3) is 55.5 Å². The summed E-state index contributed by atoms with van der Waals surface area (Å²) in [5.74, 6) is 0.666. The number of aromatic nitrogens is 2. The molecule has 2 aliphatic rings. The molecule has 0 amide bonds. The smallest absolute Gasteiger partial charge is 0.361 e. The quantitative estimate of drug-likeness (QED) is 0.183. The van der Waals surface area contributed by atoms with Crippen molar-refractivity contribution in [2.45, 2.75) is 0 Å². The predicted octanol–water partition coefficient (Wildman–Crippen LogP) is 10.3. The number of para-hydroxylation sites is 4. The van der Waals surface area contributed by atoms with Crippen molar-refractivity contribution >= 4 is 46.4 Å². The van der Waals surface area contributed by atoms with Crippen LogP contribution in [0, 0.1) is 0 Å². The molecule has 5 heteroatoms. The largest absolute Gasteiger partial charge is 0.424 e. The lowest BCUT2D eigenvalue weighted by Gasteiger charge is -2.46. The standard InChI is InChI=1S/C44H29BN4/c1-3-14-30(15-4-1)31-26-28-32(29-27-31)43-38-20-7-10-23-39(38)46-44(47-43)49-41-25-12-9-19-35(41)37-22-13-21-36-34-18-8-11-24-40(34)48(45(49)42(36)37)33-16-5-2-6-17-33/h1-29H. The Morgan fingerprint density at radius 1 is 0.388 bits per heavy atom. The van der Waals surface area contributed by atoms with Gasteiger partial charge < -0.3 is 9.62 Å². The van der Waals surface area contributed by atoms with Crippen molar-refractivity contribution in [2.75, 3.05) is 9.62 Å². The van der Waals surface area contributed by atoms with Crippen molar-refractivity contribution in [1.82, 2.24) is 9.97 Å². The Labute approximate surface area is 285 Å². The van der Waals surface area contributed by atoms with Crippen LogP contribution in [0.1, 0.15) is 0 Å². The summed E-state index contributed by atoms with van der Waals surface area (Å²) in [6, 6.07) is 62.5. The first-order chi connectivity index (χ1) is 24.3. The minimum atomic E-state index is -0.229. The lowest BCUT2D eigenvalue weighted by Crippen LogP contribution is -2.62. The fraction of sp³-hybridized carbons (Fsp3) is 0. The lowest BCUT2D eigenvalue weighted by atomic mass is 9.54. The maximum atomic E-state index is 5.49. The van der Waals surface area contributed by atoms with Crippen molar-refractivity contribution in [3.8, 4) is 44.6 Å². The van der Waals surface area contributed by atoms with E-state index in [0.29, 0.717) is 5.95 Å². The molecule has 4 nitrogen and oxygen atoms in total. The van der Waals surface area contributed by atoms with E-state index in [4.69, 9.17) is 9.97 Å². The monoisotopic (exact) mass is 624 g/mol. The van der Waals surface area contributed by atoms with E-state index in [0.717, 1.165) is 39.2 Å². The van der Waals surface area contributed by atoms with Crippen LogP contribution in [-0.4, -0.2) is 17.0 Å². The molecule has 3 heterocycles. The highest BCUT2D eigenvalue weighted by molar-refractivity contribution is 6.86. The second-order valence-corrected chi connectivity index (χ2v) is 12.6. The van der Waals surface area contributed by atoms with Gasteiger partial charge in [0.05, 0.1) is 11.2 Å². The molecule has 0 radical (unpaired) electrons. The number of hydrogen-bond acceptors (Lipinski definition) is 4. The fourth-order valence-corrected chi connectivity index (χ4v) is 7.70. The first-order valence-corrected chi connectivity index (χ1v) is 16.7. The van der Waals surface area contributed by atoms with Crippen LogP contribution in [0.3, 0.4) is 0 Å². The average molecular weight is 625 g/mol. The van der Waals surface area contributed by atoms with Gasteiger partial charge in [-0.3, -0.25) is 0 Å². The number of fused-ring (bicyclic) bond motifs is 5. The molecule has 49 heavy (non-hydrogen) atoms. The number of hydrogen-bond donors (Lipinski definition) is 0. The number of nitrogens with zero attached hydrogens (tertiary/aromatic N) is 4. The Morgan fingerprint density at radius 2 is 0.918 bits per heavy atom. The summed E-state index contributed by atoms with van der Waals surface area (Å²) in [5, 5.41) is 1.03. The highest BCUT2D eigenvalue weighted by Gasteiger charge is 2.47. The first kappa shape index (κ1) is 27.6. The maximum Gasteiger partial charge on any atom is 0.424 e. The third-order valence-electron chi connectivity index (χ3n) is 9.87. The molecular weight excluding hydrogens is 595 g/mol. The Bertz CT molecular complexity index is 2500. The molecule has 1 aromatic heterocycles. The summed E-state index contributed by atoms with van der Waals surface area (Å²) in [5.41, 5.74) is 14.7. The van der Waals surface area contributed by atoms with E-state index in [1.807, 2.05) is 0 Å². The molecule has 8 aromatic rings. The van der Waals surface area contributed by atoms with Gasteiger partial charge in [0.1, 0.15) is 0 Å². The van der Waals surface area contributed by atoms with Crippen molar-refractivity contribution < 1.29 is 0 Å². The van der Waals surface area contributed by atoms with Crippen LogP contribution in [0.15, 0.2) is 176 Å². The van der Waals surface area contributed by atoms with Gasteiger partial charge in [0.2, 0.25) is 5.95 Å². The maximum absolute atomic E-state index is 5.49. The summed E-state index contributed by atoms with van der Waals surface area (Å²) >= 11 is 0. The third kappa shape index (κ3) is 4.33. The highest BCUT2D eigenvalue weighted by Crippen LogP contribution is 2.48. The minimum Gasteiger partial charge on any atom is -0.361 e. The summed E-state index contributed by atoms with van der Waals surface area (Å²) in [7, 11) is 0. The summed E-state index contributed by atoms with van der Waals surface area (Å²) in [6.07, 6.45) is 0. The Morgan fingerprint density at radius 3 is 1.63 bits per heavy atom. The molecule has 0 spiro atoms. The molecule has 0 aliphatic carbocycles. The zero-order valence-electron chi connectivity index (χ0n) is 26.6. The number of anilines is 4. The molecule has 0 unspecified atom stereocenters. The van der Waals surface area contributed by atoms with Gasteiger partial charge in [-0.05, 0) is 58.0 Å². The zero-order chi connectivity index (χ0) is 32.3. The van der Waals surface area contributed by atoms with Gasteiger partial charge in [-0.1, -0.05) is 146 Å². The second-order valence-electron chi connectivity index (χ2n) is 12.6. The van der Waals surface area contributed by atoms with Gasteiger partial charge in [-0.15, -0.1) is 0 Å². The molecule has 7 aromatic carbocycles.